The van der Waals surface area contributed by atoms with Gasteiger partial charge in [0.05, 0.1) is 12.0 Å². The lowest BCUT2D eigenvalue weighted by Gasteiger charge is -2.32. The summed E-state index contributed by atoms with van der Waals surface area (Å²) in [5.74, 6) is 0.911. The highest BCUT2D eigenvalue weighted by molar-refractivity contribution is 7.89. The molecule has 0 atom stereocenters. The molecule has 1 N–H and O–H groups in total. The Kier molecular flexibility index (Phi) is 6.85. The van der Waals surface area contributed by atoms with Crippen molar-refractivity contribution in [2.24, 2.45) is 5.92 Å². The molecule has 2 aliphatic heterocycles. The smallest absolute Gasteiger partial charge is 0.214 e. The SMILES string of the molecule is CS(=O)(=O)N1CCN(S(=O)(=O)CCCCC2CCNCC2)CC1. The molecule has 0 aromatic heterocycles. The fourth-order valence-corrected chi connectivity index (χ4v) is 5.67. The Labute approximate surface area is 140 Å². The van der Waals surface area contributed by atoms with E-state index in [0.717, 1.165) is 38.1 Å². The molecule has 0 aromatic rings. The summed E-state index contributed by atoms with van der Waals surface area (Å²) < 4.78 is 50.4. The third-order valence-electron chi connectivity index (χ3n) is 4.78. The molecule has 0 spiro atoms. The van der Waals surface area contributed by atoms with Crippen LogP contribution in [0.3, 0.4) is 0 Å². The largest absolute Gasteiger partial charge is 0.317 e. The van der Waals surface area contributed by atoms with Gasteiger partial charge in [-0.15, -0.1) is 0 Å². The first-order valence-electron chi connectivity index (χ1n) is 8.43. The van der Waals surface area contributed by atoms with E-state index in [4.69, 9.17) is 0 Å². The van der Waals surface area contributed by atoms with Crippen molar-refractivity contribution in [3.63, 3.8) is 0 Å². The first-order chi connectivity index (χ1) is 10.8. The number of unbranched alkanes of at least 4 members (excludes halogenated alkanes) is 1. The molecule has 7 nitrogen and oxygen atoms in total. The van der Waals surface area contributed by atoms with Crippen molar-refractivity contribution in [1.29, 1.82) is 0 Å². The number of piperazine rings is 1. The summed E-state index contributed by atoms with van der Waals surface area (Å²) in [7, 11) is -6.48. The third-order valence-corrected chi connectivity index (χ3v) is 8.04. The molecule has 0 aromatic carbocycles. The number of rotatable bonds is 7. The lowest BCUT2D eigenvalue weighted by atomic mass is 9.93. The molecule has 0 radical (unpaired) electrons. The fraction of sp³-hybridized carbons (Fsp3) is 1.00. The van der Waals surface area contributed by atoms with Crippen LogP contribution in [-0.4, -0.2) is 76.7 Å². The van der Waals surface area contributed by atoms with Crippen molar-refractivity contribution in [2.45, 2.75) is 32.1 Å². The van der Waals surface area contributed by atoms with Crippen LogP contribution in [0.1, 0.15) is 32.1 Å². The van der Waals surface area contributed by atoms with E-state index in [-0.39, 0.29) is 31.9 Å². The van der Waals surface area contributed by atoms with Crippen molar-refractivity contribution >= 4 is 20.0 Å². The number of nitrogens with one attached hydrogen (secondary N) is 1. The Morgan fingerprint density at radius 2 is 1.48 bits per heavy atom. The molecule has 23 heavy (non-hydrogen) atoms. The van der Waals surface area contributed by atoms with Crippen LogP contribution in [0.25, 0.3) is 0 Å². The highest BCUT2D eigenvalue weighted by Gasteiger charge is 2.29. The van der Waals surface area contributed by atoms with Crippen LogP contribution in [0.4, 0.5) is 0 Å². The zero-order chi connectivity index (χ0) is 16.9. The van der Waals surface area contributed by atoms with E-state index in [1.165, 1.54) is 21.5 Å². The van der Waals surface area contributed by atoms with Crippen molar-refractivity contribution in [1.82, 2.24) is 13.9 Å². The van der Waals surface area contributed by atoms with Crippen molar-refractivity contribution < 1.29 is 16.8 Å². The molecule has 9 heteroatoms. The minimum absolute atomic E-state index is 0.177. The maximum absolute atomic E-state index is 12.3. The summed E-state index contributed by atoms with van der Waals surface area (Å²) in [5.41, 5.74) is 0. The Bertz CT molecular complexity index is 563. The predicted octanol–water partition coefficient (Wildman–Crippen LogP) is 0.0633. The Morgan fingerprint density at radius 3 is 2.04 bits per heavy atom. The maximum atomic E-state index is 12.3. The van der Waals surface area contributed by atoms with Crippen LogP contribution in [0.2, 0.25) is 0 Å². The molecule has 0 amide bonds. The average molecular weight is 368 g/mol. The van der Waals surface area contributed by atoms with Gasteiger partial charge in [-0.25, -0.2) is 16.8 Å². The lowest BCUT2D eigenvalue weighted by Crippen LogP contribution is -2.50. The minimum Gasteiger partial charge on any atom is -0.317 e. The van der Waals surface area contributed by atoms with Gasteiger partial charge in [0.1, 0.15) is 0 Å². The third kappa shape index (κ3) is 5.97. The summed E-state index contributed by atoms with van der Waals surface area (Å²) in [4.78, 5) is 0. The molecular weight excluding hydrogens is 338 g/mol. The van der Waals surface area contributed by atoms with Gasteiger partial charge in [0.25, 0.3) is 0 Å². The number of piperidine rings is 1. The normalized spacial score (nSPS) is 23.2. The number of sulfonamides is 2. The molecule has 2 heterocycles. The second-order valence-corrected chi connectivity index (χ2v) is 10.6. The van der Waals surface area contributed by atoms with Gasteiger partial charge >= 0.3 is 0 Å². The quantitative estimate of drug-likeness (QED) is 0.643. The van der Waals surface area contributed by atoms with Crippen molar-refractivity contribution in [3.8, 4) is 0 Å². The van der Waals surface area contributed by atoms with E-state index in [1.54, 1.807) is 0 Å². The van der Waals surface area contributed by atoms with Gasteiger partial charge in [0.2, 0.25) is 20.0 Å². The highest BCUT2D eigenvalue weighted by Crippen LogP contribution is 2.19. The Morgan fingerprint density at radius 1 is 0.913 bits per heavy atom. The summed E-state index contributed by atoms with van der Waals surface area (Å²) >= 11 is 0. The van der Waals surface area contributed by atoms with E-state index in [2.05, 4.69) is 5.32 Å². The lowest BCUT2D eigenvalue weighted by molar-refractivity contribution is 0.273. The van der Waals surface area contributed by atoms with Gasteiger partial charge in [-0.3, -0.25) is 0 Å². The Hall–Kier alpha value is -0.220. The molecule has 0 bridgehead atoms. The summed E-state index contributed by atoms with van der Waals surface area (Å²) in [6.07, 6.45) is 6.31. The van der Waals surface area contributed by atoms with Crippen LogP contribution in [0.15, 0.2) is 0 Å². The van der Waals surface area contributed by atoms with Crippen LogP contribution in [0, 0.1) is 5.92 Å². The van der Waals surface area contributed by atoms with E-state index in [9.17, 15) is 16.8 Å². The van der Waals surface area contributed by atoms with Crippen LogP contribution in [0.5, 0.6) is 0 Å². The van der Waals surface area contributed by atoms with Crippen LogP contribution >= 0.6 is 0 Å². The minimum atomic E-state index is -3.26. The van der Waals surface area contributed by atoms with E-state index >= 15 is 0 Å². The molecule has 0 aliphatic carbocycles. The molecule has 2 fully saturated rings. The molecule has 2 rings (SSSR count). The molecule has 0 saturated carbocycles. The number of hydrogen-bond acceptors (Lipinski definition) is 5. The predicted molar refractivity (Wildman–Crippen MR) is 91.2 cm³/mol. The van der Waals surface area contributed by atoms with Gasteiger partial charge in [-0.1, -0.05) is 12.8 Å². The molecule has 2 aliphatic rings. The Balaban J connectivity index is 1.70. The van der Waals surface area contributed by atoms with Gasteiger partial charge in [0, 0.05) is 26.2 Å². The van der Waals surface area contributed by atoms with Crippen LogP contribution in [-0.2, 0) is 20.0 Å². The maximum Gasteiger partial charge on any atom is 0.214 e. The number of nitrogens with zero attached hydrogens (tertiary/aromatic N) is 2. The van der Waals surface area contributed by atoms with E-state index in [0.29, 0.717) is 6.42 Å². The molecular formula is C14H29N3O4S2. The average Bonchev–Trinajstić information content (AvgIpc) is 2.52. The summed E-state index contributed by atoms with van der Waals surface area (Å²) in [6, 6.07) is 0. The van der Waals surface area contributed by atoms with Crippen molar-refractivity contribution in [2.75, 3.05) is 51.3 Å². The number of hydrogen-bond donors (Lipinski definition) is 1. The molecule has 136 valence electrons. The van der Waals surface area contributed by atoms with Gasteiger partial charge in [-0.05, 0) is 38.3 Å². The first kappa shape index (κ1) is 19.1. The topological polar surface area (TPSA) is 86.8 Å². The summed E-state index contributed by atoms with van der Waals surface area (Å²) in [5, 5.41) is 3.34. The van der Waals surface area contributed by atoms with Crippen molar-refractivity contribution in [3.05, 3.63) is 0 Å². The van der Waals surface area contributed by atoms with Gasteiger partial charge in [-0.2, -0.15) is 8.61 Å². The standard InChI is InChI=1S/C14H29N3O4S2/c1-22(18,19)16-9-11-17(12-10-16)23(20,21)13-3-2-4-14-5-7-15-8-6-14/h14-15H,2-13H2,1H3. The highest BCUT2D eigenvalue weighted by atomic mass is 32.2. The summed E-state index contributed by atoms with van der Waals surface area (Å²) in [6.45, 7) is 3.20. The first-order valence-corrected chi connectivity index (χ1v) is 11.9. The van der Waals surface area contributed by atoms with Gasteiger partial charge in [0.15, 0.2) is 0 Å². The van der Waals surface area contributed by atoms with E-state index < -0.39 is 20.0 Å². The zero-order valence-electron chi connectivity index (χ0n) is 13.9. The van der Waals surface area contributed by atoms with Crippen LogP contribution < -0.4 is 5.32 Å². The fourth-order valence-electron chi connectivity index (χ4n) is 3.30. The second kappa shape index (κ2) is 8.24. The zero-order valence-corrected chi connectivity index (χ0v) is 15.5. The molecule has 0 unspecified atom stereocenters. The van der Waals surface area contributed by atoms with E-state index in [1.807, 2.05) is 0 Å². The molecule has 2 saturated heterocycles. The van der Waals surface area contributed by atoms with Gasteiger partial charge < -0.3 is 5.32 Å². The second-order valence-electron chi connectivity index (χ2n) is 6.57. The monoisotopic (exact) mass is 367 g/mol.